The van der Waals surface area contributed by atoms with E-state index in [0.717, 1.165) is 12.8 Å². The van der Waals surface area contributed by atoms with Crippen molar-refractivity contribution in [3.05, 3.63) is 59.1 Å². The fourth-order valence-corrected chi connectivity index (χ4v) is 6.30. The summed E-state index contributed by atoms with van der Waals surface area (Å²) >= 11 is 6.10. The third-order valence-corrected chi connectivity index (χ3v) is 8.90. The Balaban J connectivity index is 1.63. The van der Waals surface area contributed by atoms with Crippen LogP contribution in [-0.4, -0.2) is 52.4 Å². The normalized spacial score (nSPS) is 15.2. The molecule has 1 saturated heterocycles. The number of sulfonamides is 1. The Morgan fingerprint density at radius 1 is 0.967 bits per heavy atom. The van der Waals surface area contributed by atoms with E-state index in [2.05, 4.69) is 5.32 Å². The molecule has 7 nitrogen and oxygen atoms in total. The second-order valence-corrected chi connectivity index (χ2v) is 11.4. The number of amides is 1. The monoisotopic (exact) mass is 470 g/mol. The second-order valence-electron chi connectivity index (χ2n) is 6.99. The Hall–Kier alpha value is -1.94. The quantitative estimate of drug-likeness (QED) is 0.598. The van der Waals surface area contributed by atoms with Gasteiger partial charge in [-0.25, -0.2) is 16.8 Å². The fraction of sp³-hybridized carbons (Fsp3) is 0.350. The van der Waals surface area contributed by atoms with Gasteiger partial charge in [-0.2, -0.15) is 4.31 Å². The lowest BCUT2D eigenvalue weighted by molar-refractivity contribution is 0.0953. The molecule has 0 spiro atoms. The predicted molar refractivity (Wildman–Crippen MR) is 115 cm³/mol. The number of benzene rings is 2. The van der Waals surface area contributed by atoms with Crippen molar-refractivity contribution in [3.8, 4) is 0 Å². The van der Waals surface area contributed by atoms with Gasteiger partial charge in [-0.3, -0.25) is 4.79 Å². The molecule has 0 aliphatic carbocycles. The number of carbonyl (C=O) groups is 1. The van der Waals surface area contributed by atoms with Crippen molar-refractivity contribution < 1.29 is 21.6 Å². The van der Waals surface area contributed by atoms with E-state index >= 15 is 0 Å². The molecule has 3 rings (SSSR count). The van der Waals surface area contributed by atoms with Gasteiger partial charge in [0.05, 0.1) is 26.1 Å². The molecule has 1 heterocycles. The molecule has 30 heavy (non-hydrogen) atoms. The highest BCUT2D eigenvalue weighted by molar-refractivity contribution is 7.91. The van der Waals surface area contributed by atoms with E-state index in [0.29, 0.717) is 13.1 Å². The zero-order chi connectivity index (χ0) is 21.8. The highest BCUT2D eigenvalue weighted by Gasteiger charge is 2.28. The van der Waals surface area contributed by atoms with Crippen LogP contribution in [0.5, 0.6) is 0 Å². The maximum Gasteiger partial charge on any atom is 0.252 e. The topological polar surface area (TPSA) is 101 Å². The van der Waals surface area contributed by atoms with Gasteiger partial charge in [0.25, 0.3) is 5.91 Å². The fourth-order valence-electron chi connectivity index (χ4n) is 3.22. The van der Waals surface area contributed by atoms with Gasteiger partial charge in [0.1, 0.15) is 0 Å². The summed E-state index contributed by atoms with van der Waals surface area (Å²) in [6, 6.07) is 12.1. The van der Waals surface area contributed by atoms with Crippen LogP contribution < -0.4 is 5.32 Å². The van der Waals surface area contributed by atoms with Gasteiger partial charge in [0.15, 0.2) is 9.84 Å². The summed E-state index contributed by atoms with van der Waals surface area (Å²) in [5.74, 6) is -0.662. The van der Waals surface area contributed by atoms with E-state index in [-0.39, 0.29) is 39.1 Å². The van der Waals surface area contributed by atoms with Gasteiger partial charge in [-0.05, 0) is 49.6 Å². The molecule has 10 heteroatoms. The molecule has 0 saturated carbocycles. The minimum absolute atomic E-state index is 0.0191. The predicted octanol–water partition coefficient (Wildman–Crippen LogP) is 2.72. The lowest BCUT2D eigenvalue weighted by Gasteiger charge is -2.16. The summed E-state index contributed by atoms with van der Waals surface area (Å²) in [5, 5.41) is 2.75. The van der Waals surface area contributed by atoms with Crippen LogP contribution in [0.15, 0.2) is 58.3 Å². The molecular formula is C20H23ClN2O5S2. The highest BCUT2D eigenvalue weighted by atomic mass is 35.5. The molecule has 2 aromatic rings. The summed E-state index contributed by atoms with van der Waals surface area (Å²) in [6.07, 6.45) is 1.84. The summed E-state index contributed by atoms with van der Waals surface area (Å²) in [6.45, 7) is 1.04. The van der Waals surface area contributed by atoms with Crippen molar-refractivity contribution in [2.24, 2.45) is 0 Å². The van der Waals surface area contributed by atoms with Gasteiger partial charge in [0, 0.05) is 19.6 Å². The molecule has 2 aromatic carbocycles. The first-order valence-electron chi connectivity index (χ1n) is 9.57. The van der Waals surface area contributed by atoms with Gasteiger partial charge in [-0.1, -0.05) is 29.8 Å². The van der Waals surface area contributed by atoms with Crippen molar-refractivity contribution in [2.75, 3.05) is 25.4 Å². The number of rotatable bonds is 8. The summed E-state index contributed by atoms with van der Waals surface area (Å²) in [4.78, 5) is 12.8. The molecule has 0 radical (unpaired) electrons. The first-order valence-corrected chi connectivity index (χ1v) is 13.0. The van der Waals surface area contributed by atoms with Crippen molar-refractivity contribution >= 4 is 37.4 Å². The van der Waals surface area contributed by atoms with Crippen molar-refractivity contribution in [1.29, 1.82) is 0 Å². The third kappa shape index (κ3) is 5.21. The Kier molecular flexibility index (Phi) is 7.18. The molecule has 0 atom stereocenters. The van der Waals surface area contributed by atoms with Crippen LogP contribution in [0.4, 0.5) is 0 Å². The van der Waals surface area contributed by atoms with Crippen LogP contribution in [-0.2, 0) is 19.9 Å². The first kappa shape index (κ1) is 22.7. The molecule has 0 bridgehead atoms. The van der Waals surface area contributed by atoms with Gasteiger partial charge in [-0.15, -0.1) is 0 Å². The van der Waals surface area contributed by atoms with Crippen molar-refractivity contribution in [1.82, 2.24) is 9.62 Å². The SMILES string of the molecule is O=C(NCCCS(=O)(=O)c1ccccc1)c1cc(S(=O)(=O)N2CCCC2)ccc1Cl. The summed E-state index contributed by atoms with van der Waals surface area (Å²) in [5.41, 5.74) is 0.0443. The molecule has 0 aromatic heterocycles. The smallest absolute Gasteiger partial charge is 0.252 e. The summed E-state index contributed by atoms with van der Waals surface area (Å²) in [7, 11) is -7.10. The van der Waals surface area contributed by atoms with Crippen LogP contribution in [0, 0.1) is 0 Å². The average Bonchev–Trinajstić information content (AvgIpc) is 3.28. The number of halogens is 1. The van der Waals surface area contributed by atoms with Crippen LogP contribution >= 0.6 is 11.6 Å². The standard InChI is InChI=1S/C20H23ClN2O5S2/c21-19-10-9-17(30(27,28)23-12-4-5-13-23)15-18(19)20(24)22-11-6-14-29(25,26)16-7-2-1-3-8-16/h1-3,7-10,15H,4-6,11-14H2,(H,22,24). The maximum absolute atomic E-state index is 12.7. The minimum Gasteiger partial charge on any atom is -0.352 e. The van der Waals surface area contributed by atoms with E-state index in [4.69, 9.17) is 11.6 Å². The maximum atomic E-state index is 12.7. The number of nitrogens with zero attached hydrogens (tertiary/aromatic N) is 1. The molecule has 162 valence electrons. The first-order chi connectivity index (χ1) is 14.2. The van der Waals surface area contributed by atoms with Crippen LogP contribution in [0.25, 0.3) is 0 Å². The Bertz CT molecular complexity index is 1110. The van der Waals surface area contributed by atoms with E-state index in [1.165, 1.54) is 34.6 Å². The number of sulfone groups is 1. The van der Waals surface area contributed by atoms with Crippen LogP contribution in [0.2, 0.25) is 5.02 Å². The lowest BCUT2D eigenvalue weighted by Crippen LogP contribution is -2.29. The molecule has 1 amide bonds. The minimum atomic E-state index is -3.67. The highest BCUT2D eigenvalue weighted by Crippen LogP contribution is 2.25. The number of carbonyl (C=O) groups excluding carboxylic acids is 1. The van der Waals surface area contributed by atoms with Crippen molar-refractivity contribution in [3.63, 3.8) is 0 Å². The van der Waals surface area contributed by atoms with Crippen LogP contribution in [0.3, 0.4) is 0 Å². The van der Waals surface area contributed by atoms with E-state index in [1.807, 2.05) is 0 Å². The third-order valence-electron chi connectivity index (χ3n) is 4.86. The molecule has 1 aliphatic heterocycles. The largest absolute Gasteiger partial charge is 0.352 e. The molecule has 1 aliphatic rings. The number of hydrogen-bond acceptors (Lipinski definition) is 5. The second kappa shape index (κ2) is 9.47. The van der Waals surface area contributed by atoms with E-state index in [1.54, 1.807) is 18.2 Å². The molecule has 1 N–H and O–H groups in total. The van der Waals surface area contributed by atoms with Gasteiger partial charge < -0.3 is 5.32 Å². The number of nitrogens with one attached hydrogen (secondary N) is 1. The van der Waals surface area contributed by atoms with E-state index in [9.17, 15) is 21.6 Å². The van der Waals surface area contributed by atoms with Gasteiger partial charge >= 0.3 is 0 Å². The molecule has 0 unspecified atom stereocenters. The van der Waals surface area contributed by atoms with Crippen molar-refractivity contribution in [2.45, 2.75) is 29.1 Å². The Morgan fingerprint density at radius 3 is 2.30 bits per heavy atom. The zero-order valence-corrected chi connectivity index (χ0v) is 18.6. The number of hydrogen-bond donors (Lipinski definition) is 1. The summed E-state index contributed by atoms with van der Waals surface area (Å²) < 4.78 is 51.4. The zero-order valence-electron chi connectivity index (χ0n) is 16.3. The molecule has 1 fully saturated rings. The Labute approximate surface area is 182 Å². The van der Waals surface area contributed by atoms with Gasteiger partial charge in [0.2, 0.25) is 10.0 Å². The van der Waals surface area contributed by atoms with Crippen LogP contribution in [0.1, 0.15) is 29.6 Å². The average molecular weight is 471 g/mol. The van der Waals surface area contributed by atoms with E-state index < -0.39 is 25.8 Å². The Morgan fingerprint density at radius 2 is 1.63 bits per heavy atom. The lowest BCUT2D eigenvalue weighted by atomic mass is 10.2. The molecular weight excluding hydrogens is 448 g/mol.